The van der Waals surface area contributed by atoms with E-state index in [4.69, 9.17) is 4.42 Å². The van der Waals surface area contributed by atoms with Crippen LogP contribution in [0.15, 0.2) is 51.1 Å². The van der Waals surface area contributed by atoms with E-state index in [-0.39, 0.29) is 11.5 Å². The zero-order valence-corrected chi connectivity index (χ0v) is 12.1. The van der Waals surface area contributed by atoms with Crippen molar-refractivity contribution in [1.29, 1.82) is 0 Å². The number of carbonyl (C=O) groups is 1. The molecule has 0 N–H and O–H groups in total. The normalized spacial score (nSPS) is 10.7. The SMILES string of the molecule is CN(Cc1nccs1)C(=O)c1cc2ccccc2oc1=O. The number of para-hydroxylation sites is 1. The van der Waals surface area contributed by atoms with Gasteiger partial charge in [0, 0.05) is 24.0 Å². The Balaban J connectivity index is 1.93. The first kappa shape index (κ1) is 13.5. The van der Waals surface area contributed by atoms with Gasteiger partial charge in [0.05, 0.1) is 6.54 Å². The number of nitrogens with zero attached hydrogens (tertiary/aromatic N) is 2. The van der Waals surface area contributed by atoms with Gasteiger partial charge >= 0.3 is 5.63 Å². The molecule has 21 heavy (non-hydrogen) atoms. The summed E-state index contributed by atoms with van der Waals surface area (Å²) in [6.45, 7) is 0.364. The quantitative estimate of drug-likeness (QED) is 0.697. The lowest BCUT2D eigenvalue weighted by molar-refractivity contribution is 0.0781. The lowest BCUT2D eigenvalue weighted by Gasteiger charge is -2.15. The van der Waals surface area contributed by atoms with Gasteiger partial charge in [-0.25, -0.2) is 9.78 Å². The smallest absolute Gasteiger partial charge is 0.349 e. The van der Waals surface area contributed by atoms with E-state index in [1.165, 1.54) is 16.2 Å². The third kappa shape index (κ3) is 2.71. The van der Waals surface area contributed by atoms with Crippen LogP contribution in [-0.4, -0.2) is 22.8 Å². The van der Waals surface area contributed by atoms with Crippen molar-refractivity contribution in [2.24, 2.45) is 0 Å². The van der Waals surface area contributed by atoms with Crippen LogP contribution in [-0.2, 0) is 6.54 Å². The fourth-order valence-electron chi connectivity index (χ4n) is 2.02. The van der Waals surface area contributed by atoms with Gasteiger partial charge in [0.15, 0.2) is 0 Å². The summed E-state index contributed by atoms with van der Waals surface area (Å²) < 4.78 is 5.18. The summed E-state index contributed by atoms with van der Waals surface area (Å²) in [5, 5.41) is 3.39. The molecule has 5 nitrogen and oxygen atoms in total. The maximum Gasteiger partial charge on any atom is 0.349 e. The van der Waals surface area contributed by atoms with Crippen LogP contribution in [0.3, 0.4) is 0 Å². The minimum absolute atomic E-state index is 0.0350. The van der Waals surface area contributed by atoms with E-state index < -0.39 is 5.63 Å². The van der Waals surface area contributed by atoms with Gasteiger partial charge in [0.1, 0.15) is 16.2 Å². The molecule has 2 heterocycles. The number of fused-ring (bicyclic) bond motifs is 1. The Morgan fingerprint density at radius 2 is 2.19 bits per heavy atom. The number of benzene rings is 1. The molecular weight excluding hydrogens is 288 g/mol. The summed E-state index contributed by atoms with van der Waals surface area (Å²) in [7, 11) is 1.64. The van der Waals surface area contributed by atoms with Crippen LogP contribution < -0.4 is 5.63 Å². The maximum atomic E-state index is 12.4. The molecule has 0 unspecified atom stereocenters. The number of hydrogen-bond acceptors (Lipinski definition) is 5. The van der Waals surface area contributed by atoms with Crippen molar-refractivity contribution in [2.45, 2.75) is 6.54 Å². The molecule has 0 saturated carbocycles. The Morgan fingerprint density at radius 3 is 2.95 bits per heavy atom. The fourth-order valence-corrected chi connectivity index (χ4v) is 2.69. The molecule has 0 bridgehead atoms. The topological polar surface area (TPSA) is 63.4 Å². The molecule has 0 fully saturated rings. The molecule has 3 aromatic rings. The predicted octanol–water partition coefficient (Wildman–Crippen LogP) is 2.52. The highest BCUT2D eigenvalue weighted by atomic mass is 32.1. The molecular formula is C15H12N2O3S. The van der Waals surface area contributed by atoms with E-state index in [0.29, 0.717) is 12.1 Å². The molecule has 0 aliphatic heterocycles. The highest BCUT2D eigenvalue weighted by Crippen LogP contribution is 2.14. The highest BCUT2D eigenvalue weighted by molar-refractivity contribution is 7.09. The molecule has 0 aliphatic carbocycles. The van der Waals surface area contributed by atoms with Crippen molar-refractivity contribution in [3.8, 4) is 0 Å². The van der Waals surface area contributed by atoms with Crippen molar-refractivity contribution in [3.63, 3.8) is 0 Å². The summed E-state index contributed by atoms with van der Waals surface area (Å²) in [6, 6.07) is 8.68. The van der Waals surface area contributed by atoms with Crippen LogP contribution in [0.25, 0.3) is 11.0 Å². The van der Waals surface area contributed by atoms with Crippen LogP contribution in [0.2, 0.25) is 0 Å². The predicted molar refractivity (Wildman–Crippen MR) is 80.4 cm³/mol. The number of rotatable bonds is 3. The van der Waals surface area contributed by atoms with Crippen molar-refractivity contribution in [1.82, 2.24) is 9.88 Å². The fraction of sp³-hybridized carbons (Fsp3) is 0.133. The van der Waals surface area contributed by atoms with Crippen LogP contribution in [0.4, 0.5) is 0 Å². The summed E-state index contributed by atoms with van der Waals surface area (Å²) in [6.07, 6.45) is 1.68. The second-order valence-corrected chi connectivity index (χ2v) is 5.55. The van der Waals surface area contributed by atoms with E-state index >= 15 is 0 Å². The van der Waals surface area contributed by atoms with E-state index in [0.717, 1.165) is 10.4 Å². The minimum Gasteiger partial charge on any atom is -0.422 e. The lowest BCUT2D eigenvalue weighted by Crippen LogP contribution is -2.30. The zero-order chi connectivity index (χ0) is 14.8. The average molecular weight is 300 g/mol. The molecule has 0 radical (unpaired) electrons. The van der Waals surface area contributed by atoms with Gasteiger partial charge in [0.2, 0.25) is 0 Å². The van der Waals surface area contributed by atoms with Gasteiger partial charge in [-0.3, -0.25) is 4.79 Å². The van der Waals surface area contributed by atoms with Gasteiger partial charge in [-0.2, -0.15) is 0 Å². The van der Waals surface area contributed by atoms with Gasteiger partial charge in [0.25, 0.3) is 5.91 Å². The van der Waals surface area contributed by atoms with Crippen LogP contribution in [0.1, 0.15) is 15.4 Å². The first-order chi connectivity index (χ1) is 10.1. The number of amides is 1. The Hall–Kier alpha value is -2.47. The maximum absolute atomic E-state index is 12.4. The molecule has 1 aromatic carbocycles. The molecule has 106 valence electrons. The molecule has 1 amide bonds. The Bertz CT molecular complexity index is 840. The third-order valence-electron chi connectivity index (χ3n) is 3.07. The van der Waals surface area contributed by atoms with E-state index in [9.17, 15) is 9.59 Å². The number of hydrogen-bond donors (Lipinski definition) is 0. The molecule has 3 rings (SSSR count). The second kappa shape index (κ2) is 5.49. The summed E-state index contributed by atoms with van der Waals surface area (Å²) in [5.41, 5.74) is -0.112. The summed E-state index contributed by atoms with van der Waals surface area (Å²) in [5.74, 6) is -0.371. The van der Waals surface area contributed by atoms with Crippen molar-refractivity contribution < 1.29 is 9.21 Å². The first-order valence-electron chi connectivity index (χ1n) is 6.32. The molecule has 0 atom stereocenters. The Labute approximate surface area is 124 Å². The van der Waals surface area contributed by atoms with Crippen LogP contribution in [0.5, 0.6) is 0 Å². The van der Waals surface area contributed by atoms with Gasteiger partial charge < -0.3 is 9.32 Å². The van der Waals surface area contributed by atoms with Crippen molar-refractivity contribution in [3.05, 3.63) is 62.9 Å². The number of carbonyl (C=O) groups excluding carboxylic acids is 1. The molecule has 6 heteroatoms. The summed E-state index contributed by atoms with van der Waals surface area (Å²) >= 11 is 1.46. The lowest BCUT2D eigenvalue weighted by atomic mass is 10.1. The number of aromatic nitrogens is 1. The van der Waals surface area contributed by atoms with Gasteiger partial charge in [-0.15, -0.1) is 11.3 Å². The Morgan fingerprint density at radius 1 is 1.38 bits per heavy atom. The zero-order valence-electron chi connectivity index (χ0n) is 11.3. The summed E-state index contributed by atoms with van der Waals surface area (Å²) in [4.78, 5) is 29.9. The molecule has 0 saturated heterocycles. The second-order valence-electron chi connectivity index (χ2n) is 4.57. The van der Waals surface area contributed by atoms with E-state index in [2.05, 4.69) is 4.98 Å². The van der Waals surface area contributed by atoms with Crippen LogP contribution >= 0.6 is 11.3 Å². The van der Waals surface area contributed by atoms with Crippen molar-refractivity contribution >= 4 is 28.2 Å². The first-order valence-corrected chi connectivity index (χ1v) is 7.20. The van der Waals surface area contributed by atoms with Crippen LogP contribution in [0, 0.1) is 0 Å². The third-order valence-corrected chi connectivity index (χ3v) is 3.84. The number of thiazole rings is 1. The molecule has 0 spiro atoms. The highest BCUT2D eigenvalue weighted by Gasteiger charge is 2.18. The average Bonchev–Trinajstić information content (AvgIpc) is 2.98. The van der Waals surface area contributed by atoms with Crippen molar-refractivity contribution in [2.75, 3.05) is 7.05 Å². The van der Waals surface area contributed by atoms with E-state index in [1.807, 2.05) is 11.4 Å². The Kier molecular flexibility index (Phi) is 3.53. The van der Waals surface area contributed by atoms with Gasteiger partial charge in [-0.05, 0) is 12.1 Å². The standard InChI is InChI=1S/C15H12N2O3S/c1-17(9-13-16-6-7-21-13)14(18)11-8-10-4-2-3-5-12(10)20-15(11)19/h2-8H,9H2,1H3. The monoisotopic (exact) mass is 300 g/mol. The largest absolute Gasteiger partial charge is 0.422 e. The molecule has 2 aromatic heterocycles. The molecule has 0 aliphatic rings. The van der Waals surface area contributed by atoms with Gasteiger partial charge in [-0.1, -0.05) is 18.2 Å². The minimum atomic E-state index is -0.621. The van der Waals surface area contributed by atoms with E-state index in [1.54, 1.807) is 37.5 Å².